The second-order valence-electron chi connectivity index (χ2n) is 9.37. The van der Waals surface area contributed by atoms with Crippen LogP contribution in [0, 0.1) is 11.7 Å². The van der Waals surface area contributed by atoms with Crippen molar-refractivity contribution >= 4 is 17.6 Å². The van der Waals surface area contributed by atoms with Gasteiger partial charge in [0, 0.05) is 62.9 Å². The molecular formula is C25H31FN4O4. The molecule has 3 heterocycles. The van der Waals surface area contributed by atoms with Crippen molar-refractivity contribution in [3.63, 3.8) is 0 Å². The lowest BCUT2D eigenvalue weighted by atomic mass is 9.84. The molecule has 2 atom stereocenters. The summed E-state index contributed by atoms with van der Waals surface area (Å²) in [6.45, 7) is 0.979. The number of hydrogen-bond acceptors (Lipinski definition) is 5. The average Bonchev–Trinajstić information content (AvgIpc) is 3.43. The minimum atomic E-state index is -0.667. The number of carbonyl (C=O) groups is 3. The van der Waals surface area contributed by atoms with Gasteiger partial charge in [0.05, 0.1) is 7.11 Å². The van der Waals surface area contributed by atoms with Crippen LogP contribution in [0.3, 0.4) is 0 Å². The van der Waals surface area contributed by atoms with Crippen molar-refractivity contribution in [1.29, 1.82) is 0 Å². The van der Waals surface area contributed by atoms with E-state index in [1.54, 1.807) is 41.0 Å². The predicted octanol–water partition coefficient (Wildman–Crippen LogP) is 2.66. The van der Waals surface area contributed by atoms with Crippen molar-refractivity contribution < 1.29 is 23.5 Å². The lowest BCUT2D eigenvalue weighted by molar-refractivity contribution is -0.133. The number of aryl methyl sites for hydroxylation is 1. The number of Topliss-reactive ketones (excluding diaryl/α,β-unsaturated/α-hetero) is 1. The highest BCUT2D eigenvalue weighted by Crippen LogP contribution is 2.32. The Hall–Kier alpha value is -3.23. The molecule has 2 aliphatic heterocycles. The minimum Gasteiger partial charge on any atom is -0.497 e. The molecule has 34 heavy (non-hydrogen) atoms. The van der Waals surface area contributed by atoms with E-state index in [2.05, 4.69) is 10.3 Å². The fraction of sp³-hybridized carbons (Fsp3) is 0.520. The third-order valence-corrected chi connectivity index (χ3v) is 7.03. The topological polar surface area (TPSA) is 93.5 Å². The number of ketones is 1. The first-order valence-corrected chi connectivity index (χ1v) is 11.7. The molecule has 4 rings (SSSR count). The molecule has 0 aliphatic carbocycles. The van der Waals surface area contributed by atoms with Gasteiger partial charge in [-0.3, -0.25) is 14.4 Å². The zero-order valence-corrected chi connectivity index (χ0v) is 19.7. The fourth-order valence-electron chi connectivity index (χ4n) is 5.05. The van der Waals surface area contributed by atoms with Gasteiger partial charge in [-0.1, -0.05) is 6.07 Å². The van der Waals surface area contributed by atoms with Gasteiger partial charge in [-0.25, -0.2) is 9.37 Å². The van der Waals surface area contributed by atoms with Gasteiger partial charge in [0.1, 0.15) is 11.6 Å². The number of halogens is 1. The van der Waals surface area contributed by atoms with Crippen molar-refractivity contribution in [3.05, 3.63) is 47.8 Å². The van der Waals surface area contributed by atoms with Crippen LogP contribution in [0.15, 0.2) is 30.6 Å². The molecule has 8 nitrogen and oxygen atoms in total. The number of methoxy groups -OCH3 is 1. The molecule has 2 saturated heterocycles. The van der Waals surface area contributed by atoms with Crippen molar-refractivity contribution in [3.8, 4) is 5.75 Å². The number of nitrogens with zero attached hydrogens (tertiary/aromatic N) is 3. The normalized spacial score (nSPS) is 22.5. The molecule has 0 saturated carbocycles. The van der Waals surface area contributed by atoms with Gasteiger partial charge in [0.15, 0.2) is 5.82 Å². The monoisotopic (exact) mass is 470 g/mol. The summed E-state index contributed by atoms with van der Waals surface area (Å²) in [6.07, 6.45) is 6.67. The second-order valence-corrected chi connectivity index (χ2v) is 9.37. The number of piperidine rings is 1. The van der Waals surface area contributed by atoms with Crippen LogP contribution in [0.2, 0.25) is 0 Å². The number of imidazole rings is 1. The highest BCUT2D eigenvalue weighted by Gasteiger charge is 2.39. The fourth-order valence-corrected chi connectivity index (χ4v) is 5.05. The number of amides is 2. The maximum Gasteiger partial charge on any atom is 0.222 e. The first-order chi connectivity index (χ1) is 16.3. The summed E-state index contributed by atoms with van der Waals surface area (Å²) < 4.78 is 21.4. The van der Waals surface area contributed by atoms with Gasteiger partial charge in [0.2, 0.25) is 17.6 Å². The second kappa shape index (κ2) is 9.95. The molecule has 0 unspecified atom stereocenters. The number of ether oxygens (including phenoxy) is 1. The zero-order chi connectivity index (χ0) is 24.3. The first kappa shape index (κ1) is 23.9. The Balaban J connectivity index is 1.40. The van der Waals surface area contributed by atoms with Crippen LogP contribution < -0.4 is 10.1 Å². The molecule has 182 valence electrons. The predicted molar refractivity (Wildman–Crippen MR) is 123 cm³/mol. The van der Waals surface area contributed by atoms with Gasteiger partial charge >= 0.3 is 0 Å². The van der Waals surface area contributed by atoms with Crippen LogP contribution in [-0.2, 0) is 23.1 Å². The largest absolute Gasteiger partial charge is 0.497 e. The van der Waals surface area contributed by atoms with Gasteiger partial charge in [-0.2, -0.15) is 0 Å². The van der Waals surface area contributed by atoms with E-state index in [0.29, 0.717) is 55.9 Å². The maximum atomic E-state index is 14.6. The maximum absolute atomic E-state index is 14.6. The minimum absolute atomic E-state index is 0.0421. The van der Waals surface area contributed by atoms with Crippen molar-refractivity contribution in [2.45, 2.75) is 50.5 Å². The van der Waals surface area contributed by atoms with Crippen LogP contribution in [0.5, 0.6) is 5.75 Å². The Morgan fingerprint density at radius 2 is 2.18 bits per heavy atom. The Bertz CT molecular complexity index is 1080. The van der Waals surface area contributed by atoms with Crippen molar-refractivity contribution in [1.82, 2.24) is 19.8 Å². The van der Waals surface area contributed by atoms with Crippen molar-refractivity contribution in [2.24, 2.45) is 13.0 Å². The van der Waals surface area contributed by atoms with Gasteiger partial charge in [-0.05, 0) is 43.7 Å². The molecule has 0 spiro atoms. The molecule has 0 bridgehead atoms. The average molecular weight is 471 g/mol. The van der Waals surface area contributed by atoms with Gasteiger partial charge < -0.3 is 19.5 Å². The van der Waals surface area contributed by atoms with Crippen LogP contribution in [0.4, 0.5) is 4.39 Å². The summed E-state index contributed by atoms with van der Waals surface area (Å²) in [6, 6.07) is 4.69. The first-order valence-electron chi connectivity index (χ1n) is 11.7. The van der Waals surface area contributed by atoms with E-state index in [4.69, 9.17) is 4.74 Å². The van der Waals surface area contributed by atoms with Crippen LogP contribution in [-0.4, -0.2) is 57.8 Å². The van der Waals surface area contributed by atoms with Crippen molar-refractivity contribution in [2.75, 3.05) is 20.2 Å². The molecular weight excluding hydrogens is 439 g/mol. The summed E-state index contributed by atoms with van der Waals surface area (Å²) >= 11 is 0. The molecule has 2 aromatic rings. The zero-order valence-electron chi connectivity index (χ0n) is 19.7. The standard InChI is InChI=1S/C25H31FN4O4/c1-29-13-11-27-24(29)23(33)18-4-3-12-30(16-18)22(32)8-10-25(9-7-21(31)28-25)15-17-5-6-19(34-2)14-20(17)26/h5-6,11,13-14,18H,3-4,7-10,12,15-16H2,1-2H3,(H,28,31)/t18-,25-/m0/s1. The number of likely N-dealkylation sites (tertiary alicyclic amines) is 1. The number of rotatable bonds is 8. The Morgan fingerprint density at radius 1 is 1.35 bits per heavy atom. The lowest BCUT2D eigenvalue weighted by Crippen LogP contribution is -2.46. The Labute approximate surface area is 198 Å². The smallest absolute Gasteiger partial charge is 0.222 e. The Kier molecular flexibility index (Phi) is 7.00. The van der Waals surface area contributed by atoms with E-state index in [-0.39, 0.29) is 29.9 Å². The molecule has 2 amide bonds. The summed E-state index contributed by atoms with van der Waals surface area (Å²) in [5.74, 6) is 0.00645. The molecule has 9 heteroatoms. The molecule has 2 fully saturated rings. The van der Waals surface area contributed by atoms with Crippen LogP contribution >= 0.6 is 0 Å². The number of aromatic nitrogens is 2. The van der Waals surface area contributed by atoms with Gasteiger partial charge in [-0.15, -0.1) is 0 Å². The molecule has 0 radical (unpaired) electrons. The molecule has 1 N–H and O–H groups in total. The molecule has 1 aromatic carbocycles. The highest BCUT2D eigenvalue weighted by atomic mass is 19.1. The summed E-state index contributed by atoms with van der Waals surface area (Å²) in [5, 5.41) is 3.01. The van der Waals surface area contributed by atoms with E-state index in [9.17, 15) is 18.8 Å². The quantitative estimate of drug-likeness (QED) is 0.599. The SMILES string of the molecule is COc1ccc(C[C@@]2(CCC(=O)N3CCC[C@H](C(=O)c4nccn4C)C3)CCC(=O)N2)c(F)c1. The van der Waals surface area contributed by atoms with E-state index >= 15 is 0 Å². The number of hydrogen-bond donors (Lipinski definition) is 1. The molecule has 1 aromatic heterocycles. The third-order valence-electron chi connectivity index (χ3n) is 7.03. The van der Waals surface area contributed by atoms with Crippen LogP contribution in [0.1, 0.15) is 54.7 Å². The van der Waals surface area contributed by atoms with Crippen LogP contribution in [0.25, 0.3) is 0 Å². The summed E-state index contributed by atoms with van der Waals surface area (Å²) in [7, 11) is 3.26. The van der Waals surface area contributed by atoms with E-state index in [0.717, 1.165) is 12.8 Å². The van der Waals surface area contributed by atoms with E-state index in [1.807, 2.05) is 0 Å². The number of nitrogens with one attached hydrogen (secondary N) is 1. The van der Waals surface area contributed by atoms with Gasteiger partial charge in [0.25, 0.3) is 0 Å². The molecule has 2 aliphatic rings. The van der Waals surface area contributed by atoms with E-state index in [1.165, 1.54) is 13.2 Å². The number of benzene rings is 1. The third kappa shape index (κ3) is 5.13. The lowest BCUT2D eigenvalue weighted by Gasteiger charge is -2.34. The number of carbonyl (C=O) groups excluding carboxylic acids is 3. The summed E-state index contributed by atoms with van der Waals surface area (Å²) in [4.78, 5) is 43.9. The van der Waals surface area contributed by atoms with E-state index < -0.39 is 11.4 Å². The highest BCUT2D eigenvalue weighted by molar-refractivity contribution is 5.95. The Morgan fingerprint density at radius 3 is 2.82 bits per heavy atom. The summed E-state index contributed by atoms with van der Waals surface area (Å²) in [5.41, 5.74) is -0.186.